The molecule has 37 heavy (non-hydrogen) atoms. The van der Waals surface area contributed by atoms with E-state index >= 15 is 0 Å². The van der Waals surface area contributed by atoms with E-state index < -0.39 is 0 Å². The summed E-state index contributed by atoms with van der Waals surface area (Å²) in [5, 5.41) is 3.35. The van der Waals surface area contributed by atoms with Crippen molar-refractivity contribution in [2.75, 3.05) is 0 Å². The topological polar surface area (TPSA) is 84.2 Å². The maximum atomic E-state index is 12.7. The Hall–Kier alpha value is -3.26. The Morgan fingerprint density at radius 1 is 1.08 bits per heavy atom. The molecular weight excluding hydrogens is 509 g/mol. The van der Waals surface area contributed by atoms with E-state index in [1.54, 1.807) is 6.20 Å². The van der Waals surface area contributed by atoms with Gasteiger partial charge in [0.15, 0.2) is 0 Å². The first kappa shape index (κ1) is 25.4. The van der Waals surface area contributed by atoms with Crippen LogP contribution in [0.15, 0.2) is 65.6 Å². The molecule has 5 rings (SSSR count). The summed E-state index contributed by atoms with van der Waals surface area (Å²) >= 11 is 12.3. The molecule has 3 aromatic heterocycles. The summed E-state index contributed by atoms with van der Waals surface area (Å²) in [4.78, 5) is 28.2. The van der Waals surface area contributed by atoms with Crippen molar-refractivity contribution in [2.45, 2.75) is 51.9 Å². The lowest BCUT2D eigenvalue weighted by Gasteiger charge is -2.34. The van der Waals surface area contributed by atoms with Gasteiger partial charge in [-0.2, -0.15) is 0 Å². The SMILES string of the molecule is Cc1cnc(CN(Cc2cccc(CNC(=O)c3c(Cl)cncc3Cl)c2)C2CCCc3cccnc32)o1. The van der Waals surface area contributed by atoms with Crippen LogP contribution in [-0.2, 0) is 26.1 Å². The van der Waals surface area contributed by atoms with Crippen LogP contribution in [0.4, 0.5) is 0 Å². The highest BCUT2D eigenvalue weighted by molar-refractivity contribution is 6.39. The standard InChI is InChI=1S/C28H27Cl2N5O2/c1-18-12-33-25(37-18)17-35(24-9-3-7-21-8-4-10-32-27(21)24)16-20-6-2-5-19(11-20)13-34-28(36)26-22(29)14-31-15-23(26)30/h2,4-6,8,10-12,14-15,24H,3,7,9,13,16-17H2,1H3,(H,34,36). The Bertz CT molecular complexity index is 1390. The minimum Gasteiger partial charge on any atom is -0.445 e. The summed E-state index contributed by atoms with van der Waals surface area (Å²) in [6.07, 6.45) is 9.62. The normalized spacial score (nSPS) is 15.0. The van der Waals surface area contributed by atoms with Crippen molar-refractivity contribution in [2.24, 2.45) is 0 Å². The highest BCUT2D eigenvalue weighted by Crippen LogP contribution is 2.35. The van der Waals surface area contributed by atoms with Crippen LogP contribution in [0.2, 0.25) is 10.0 Å². The smallest absolute Gasteiger partial charge is 0.254 e. The lowest BCUT2D eigenvalue weighted by Crippen LogP contribution is -2.31. The molecule has 0 fully saturated rings. The lowest BCUT2D eigenvalue weighted by atomic mass is 9.90. The van der Waals surface area contributed by atoms with Gasteiger partial charge in [-0.15, -0.1) is 0 Å². The van der Waals surface area contributed by atoms with Gasteiger partial charge in [-0.3, -0.25) is 19.7 Å². The van der Waals surface area contributed by atoms with Crippen molar-refractivity contribution in [1.82, 2.24) is 25.2 Å². The Labute approximate surface area is 225 Å². The zero-order valence-corrected chi connectivity index (χ0v) is 22.0. The fraction of sp³-hybridized carbons (Fsp3) is 0.286. The fourth-order valence-electron chi connectivity index (χ4n) is 4.84. The second-order valence-corrected chi connectivity index (χ2v) is 10.0. The number of amides is 1. The number of nitrogens with one attached hydrogen (secondary N) is 1. The first-order valence-electron chi connectivity index (χ1n) is 12.2. The average Bonchev–Trinajstić information content (AvgIpc) is 3.31. The van der Waals surface area contributed by atoms with Crippen LogP contribution < -0.4 is 5.32 Å². The van der Waals surface area contributed by atoms with Crippen LogP contribution in [0.1, 0.15) is 63.3 Å². The highest BCUT2D eigenvalue weighted by Gasteiger charge is 2.28. The number of hydrogen-bond donors (Lipinski definition) is 1. The number of fused-ring (bicyclic) bond motifs is 1. The number of pyridine rings is 2. The van der Waals surface area contributed by atoms with E-state index in [0.717, 1.165) is 41.8 Å². The molecule has 9 heteroatoms. The van der Waals surface area contributed by atoms with Gasteiger partial charge in [-0.25, -0.2) is 4.98 Å². The Balaban J connectivity index is 1.35. The molecule has 1 N–H and O–H groups in total. The summed E-state index contributed by atoms with van der Waals surface area (Å²) in [6, 6.07) is 12.5. The minimum atomic E-state index is -0.339. The van der Waals surface area contributed by atoms with E-state index in [2.05, 4.69) is 38.4 Å². The van der Waals surface area contributed by atoms with Gasteiger partial charge in [0, 0.05) is 31.7 Å². The zero-order chi connectivity index (χ0) is 25.8. The van der Waals surface area contributed by atoms with Crippen molar-refractivity contribution in [3.05, 3.63) is 111 Å². The van der Waals surface area contributed by atoms with Crippen molar-refractivity contribution < 1.29 is 9.21 Å². The summed E-state index contributed by atoms with van der Waals surface area (Å²) < 4.78 is 5.83. The number of oxazole rings is 1. The zero-order valence-electron chi connectivity index (χ0n) is 20.5. The summed E-state index contributed by atoms with van der Waals surface area (Å²) in [6.45, 7) is 3.51. The number of carbonyl (C=O) groups excluding carboxylic acids is 1. The summed E-state index contributed by atoms with van der Waals surface area (Å²) in [5.41, 5.74) is 4.76. The fourth-order valence-corrected chi connectivity index (χ4v) is 5.37. The molecule has 1 unspecified atom stereocenters. The maximum Gasteiger partial charge on any atom is 0.254 e. The monoisotopic (exact) mass is 535 g/mol. The third kappa shape index (κ3) is 6.01. The molecule has 0 saturated heterocycles. The minimum absolute atomic E-state index is 0.163. The van der Waals surface area contributed by atoms with Crippen LogP contribution in [0.25, 0.3) is 0 Å². The number of carbonyl (C=O) groups is 1. The molecule has 0 spiro atoms. The first-order chi connectivity index (χ1) is 18.0. The number of halogens is 2. The van der Waals surface area contributed by atoms with Gasteiger partial charge in [-0.1, -0.05) is 53.5 Å². The van der Waals surface area contributed by atoms with Gasteiger partial charge in [0.2, 0.25) is 5.89 Å². The van der Waals surface area contributed by atoms with E-state index in [0.29, 0.717) is 25.5 Å². The summed E-state index contributed by atoms with van der Waals surface area (Å²) in [7, 11) is 0. The van der Waals surface area contributed by atoms with Gasteiger partial charge in [0.05, 0.1) is 40.1 Å². The van der Waals surface area contributed by atoms with Gasteiger partial charge in [0.25, 0.3) is 5.91 Å². The quantitative estimate of drug-likeness (QED) is 0.294. The molecule has 1 aliphatic rings. The van der Waals surface area contributed by atoms with Crippen LogP contribution in [0, 0.1) is 6.92 Å². The molecule has 1 atom stereocenters. The molecule has 0 aliphatic heterocycles. The molecule has 1 amide bonds. The van der Waals surface area contributed by atoms with Crippen LogP contribution >= 0.6 is 23.2 Å². The predicted molar refractivity (Wildman–Crippen MR) is 142 cm³/mol. The first-order valence-corrected chi connectivity index (χ1v) is 13.0. The molecule has 190 valence electrons. The molecule has 1 aliphatic carbocycles. The van der Waals surface area contributed by atoms with E-state index in [1.165, 1.54) is 18.0 Å². The van der Waals surface area contributed by atoms with Gasteiger partial charge < -0.3 is 9.73 Å². The number of nitrogens with zero attached hydrogens (tertiary/aromatic N) is 4. The Morgan fingerprint density at radius 3 is 2.68 bits per heavy atom. The van der Waals surface area contributed by atoms with Gasteiger partial charge in [-0.05, 0) is 48.9 Å². The molecule has 4 aromatic rings. The molecule has 0 radical (unpaired) electrons. The van der Waals surface area contributed by atoms with E-state index in [-0.39, 0.29) is 27.6 Å². The summed E-state index contributed by atoms with van der Waals surface area (Å²) in [5.74, 6) is 1.15. The average molecular weight is 536 g/mol. The van der Waals surface area contributed by atoms with Crippen molar-refractivity contribution in [3.8, 4) is 0 Å². The largest absolute Gasteiger partial charge is 0.445 e. The number of aromatic nitrogens is 3. The number of rotatable bonds is 8. The second kappa shape index (κ2) is 11.4. The van der Waals surface area contributed by atoms with Crippen LogP contribution in [-0.4, -0.2) is 25.8 Å². The second-order valence-electron chi connectivity index (χ2n) is 9.21. The van der Waals surface area contributed by atoms with Crippen LogP contribution in [0.3, 0.4) is 0 Å². The third-order valence-corrected chi connectivity index (χ3v) is 7.10. The number of benzene rings is 1. The molecule has 3 heterocycles. The van der Waals surface area contributed by atoms with E-state index in [9.17, 15) is 4.79 Å². The molecule has 0 saturated carbocycles. The predicted octanol–water partition coefficient (Wildman–Crippen LogP) is 6.09. The van der Waals surface area contributed by atoms with Crippen molar-refractivity contribution in [1.29, 1.82) is 0 Å². The van der Waals surface area contributed by atoms with Gasteiger partial charge >= 0.3 is 0 Å². The number of aryl methyl sites for hydroxylation is 2. The number of hydrogen-bond acceptors (Lipinski definition) is 6. The highest BCUT2D eigenvalue weighted by atomic mass is 35.5. The molecular formula is C28H27Cl2N5O2. The van der Waals surface area contributed by atoms with Crippen LogP contribution in [0.5, 0.6) is 0 Å². The van der Waals surface area contributed by atoms with E-state index in [1.807, 2.05) is 31.3 Å². The Morgan fingerprint density at radius 2 is 1.89 bits per heavy atom. The third-order valence-electron chi connectivity index (χ3n) is 6.52. The molecule has 1 aromatic carbocycles. The van der Waals surface area contributed by atoms with Crippen molar-refractivity contribution in [3.63, 3.8) is 0 Å². The van der Waals surface area contributed by atoms with Gasteiger partial charge in [0.1, 0.15) is 5.76 Å². The maximum absolute atomic E-state index is 12.7. The lowest BCUT2D eigenvalue weighted by molar-refractivity contribution is 0.0951. The van der Waals surface area contributed by atoms with E-state index in [4.69, 9.17) is 32.6 Å². The Kier molecular flexibility index (Phi) is 7.84. The molecule has 7 nitrogen and oxygen atoms in total. The van der Waals surface area contributed by atoms with Crippen molar-refractivity contribution >= 4 is 29.1 Å². The molecule has 0 bridgehead atoms.